The smallest absolute Gasteiger partial charge is 0.323 e. The van der Waals surface area contributed by atoms with Gasteiger partial charge in [0.2, 0.25) is 5.95 Å². The molecule has 0 saturated carbocycles. The third-order valence-corrected chi connectivity index (χ3v) is 5.60. The Labute approximate surface area is 203 Å². The second kappa shape index (κ2) is 10.7. The number of hydrogen-bond donors (Lipinski definition) is 4. The number of carbonyl (C=O) groups is 1. The van der Waals surface area contributed by atoms with Crippen LogP contribution in [-0.2, 0) is 11.0 Å². The molecule has 11 heteroatoms. The summed E-state index contributed by atoms with van der Waals surface area (Å²) in [6, 6.07) is 20.9. The number of aromatic nitrogens is 2. The lowest BCUT2D eigenvalue weighted by Crippen LogP contribution is -2.20. The van der Waals surface area contributed by atoms with Crippen molar-refractivity contribution in [2.75, 3.05) is 27.9 Å². The van der Waals surface area contributed by atoms with Crippen molar-refractivity contribution in [1.29, 1.82) is 0 Å². The van der Waals surface area contributed by atoms with Crippen molar-refractivity contribution in [2.24, 2.45) is 5.14 Å². The number of urea groups is 1. The molecule has 0 aliphatic heterocycles. The van der Waals surface area contributed by atoms with Crippen molar-refractivity contribution in [3.8, 4) is 0 Å². The zero-order valence-corrected chi connectivity index (χ0v) is 19.4. The normalized spacial score (nSPS) is 11.4. The summed E-state index contributed by atoms with van der Waals surface area (Å²) in [6.07, 6.45) is 1.61. The molecule has 1 aromatic heterocycles. The van der Waals surface area contributed by atoms with Gasteiger partial charge in [0, 0.05) is 36.0 Å². The molecule has 9 nitrogen and oxygen atoms in total. The molecule has 1 unspecified atom stereocenters. The Morgan fingerprint density at radius 3 is 2.37 bits per heavy atom. The summed E-state index contributed by atoms with van der Waals surface area (Å²) in [6.45, 7) is 0. The highest BCUT2D eigenvalue weighted by Gasteiger charge is 2.10. The lowest BCUT2D eigenvalue weighted by atomic mass is 10.2. The van der Waals surface area contributed by atoms with Gasteiger partial charge in [0.1, 0.15) is 22.6 Å². The number of carbonyl (C=O) groups excluding carboxylic acids is 1. The zero-order chi connectivity index (χ0) is 24.8. The SMILES string of the molecule is CN(c1cccc(NC(=O)Nc2cccc(F)c2)c1)c1ccnc(Nc2cccc(S(N)=O)c2)n1. The molecular weight excluding hydrogens is 469 g/mol. The van der Waals surface area contributed by atoms with Crippen LogP contribution in [0.1, 0.15) is 0 Å². The fourth-order valence-corrected chi connectivity index (χ4v) is 3.66. The van der Waals surface area contributed by atoms with Gasteiger partial charge in [0.05, 0.1) is 4.90 Å². The van der Waals surface area contributed by atoms with Crippen molar-refractivity contribution >= 4 is 51.5 Å². The van der Waals surface area contributed by atoms with E-state index in [0.717, 1.165) is 5.69 Å². The van der Waals surface area contributed by atoms with Gasteiger partial charge in [-0.3, -0.25) is 0 Å². The Hall–Kier alpha value is -4.35. The largest absolute Gasteiger partial charge is 0.329 e. The van der Waals surface area contributed by atoms with Gasteiger partial charge in [-0.2, -0.15) is 4.98 Å². The van der Waals surface area contributed by atoms with Crippen LogP contribution in [0, 0.1) is 5.82 Å². The maximum atomic E-state index is 13.3. The molecule has 4 rings (SSSR count). The number of benzene rings is 3. The van der Waals surface area contributed by atoms with Gasteiger partial charge >= 0.3 is 6.03 Å². The van der Waals surface area contributed by atoms with Crippen LogP contribution in [0.25, 0.3) is 0 Å². The van der Waals surface area contributed by atoms with Gasteiger partial charge in [0.25, 0.3) is 0 Å². The number of nitrogens with two attached hydrogens (primary N) is 1. The van der Waals surface area contributed by atoms with Crippen molar-refractivity contribution in [1.82, 2.24) is 9.97 Å². The van der Waals surface area contributed by atoms with Crippen LogP contribution in [0.5, 0.6) is 0 Å². The summed E-state index contributed by atoms with van der Waals surface area (Å²) in [5, 5.41) is 13.9. The molecule has 2 amide bonds. The molecule has 0 fully saturated rings. The molecule has 4 aromatic rings. The Bertz CT molecular complexity index is 1390. The van der Waals surface area contributed by atoms with E-state index in [9.17, 15) is 13.4 Å². The first-order valence-corrected chi connectivity index (χ1v) is 11.6. The molecule has 0 aliphatic carbocycles. The maximum absolute atomic E-state index is 13.3. The highest BCUT2D eigenvalue weighted by molar-refractivity contribution is 7.82. The third kappa shape index (κ3) is 6.37. The van der Waals surface area contributed by atoms with Gasteiger partial charge in [-0.25, -0.2) is 23.5 Å². The van der Waals surface area contributed by atoms with E-state index in [0.29, 0.717) is 33.7 Å². The van der Waals surface area contributed by atoms with Crippen LogP contribution < -0.4 is 26.0 Å². The number of nitrogens with one attached hydrogen (secondary N) is 3. The Morgan fingerprint density at radius 2 is 1.63 bits per heavy atom. The first-order valence-electron chi connectivity index (χ1n) is 10.4. The summed E-state index contributed by atoms with van der Waals surface area (Å²) in [5.41, 5.74) is 2.30. The zero-order valence-electron chi connectivity index (χ0n) is 18.6. The quantitative estimate of drug-likeness (QED) is 0.296. The van der Waals surface area contributed by atoms with Crippen molar-refractivity contribution < 1.29 is 13.4 Å². The molecule has 35 heavy (non-hydrogen) atoms. The predicted octanol–water partition coefficient (Wildman–Crippen LogP) is 4.75. The minimum Gasteiger partial charge on any atom is -0.329 e. The molecular formula is C24H22FN7O2S. The molecule has 0 bridgehead atoms. The van der Waals surface area contributed by atoms with Crippen LogP contribution in [0.15, 0.2) is 90.0 Å². The van der Waals surface area contributed by atoms with Crippen LogP contribution in [0.3, 0.4) is 0 Å². The third-order valence-electron chi connectivity index (χ3n) is 4.88. The highest BCUT2D eigenvalue weighted by atomic mass is 32.2. The fraction of sp³-hybridized carbons (Fsp3) is 0.0417. The summed E-state index contributed by atoms with van der Waals surface area (Å²) in [4.78, 5) is 23.4. The summed E-state index contributed by atoms with van der Waals surface area (Å²) >= 11 is 0. The van der Waals surface area contributed by atoms with Gasteiger partial charge in [0.15, 0.2) is 0 Å². The minimum atomic E-state index is -1.59. The molecule has 178 valence electrons. The molecule has 0 radical (unpaired) electrons. The lowest BCUT2D eigenvalue weighted by Gasteiger charge is -2.20. The Kier molecular flexibility index (Phi) is 7.29. The first-order chi connectivity index (χ1) is 16.9. The number of nitrogens with zero attached hydrogens (tertiary/aromatic N) is 3. The van der Waals surface area contributed by atoms with Crippen molar-refractivity contribution in [2.45, 2.75) is 4.90 Å². The average molecular weight is 492 g/mol. The topological polar surface area (TPSA) is 125 Å². The summed E-state index contributed by atoms with van der Waals surface area (Å²) < 4.78 is 24.9. The second-order valence-electron chi connectivity index (χ2n) is 7.39. The van der Waals surface area contributed by atoms with E-state index in [1.54, 1.807) is 60.8 Å². The van der Waals surface area contributed by atoms with Gasteiger partial charge in [-0.05, 0) is 60.7 Å². The lowest BCUT2D eigenvalue weighted by molar-refractivity contribution is 0.262. The molecule has 0 saturated heterocycles. The Morgan fingerprint density at radius 1 is 0.943 bits per heavy atom. The minimum absolute atomic E-state index is 0.345. The van der Waals surface area contributed by atoms with Gasteiger partial charge < -0.3 is 20.9 Å². The average Bonchev–Trinajstić information content (AvgIpc) is 2.84. The van der Waals surface area contributed by atoms with E-state index < -0.39 is 22.8 Å². The van der Waals surface area contributed by atoms with Crippen molar-refractivity contribution in [3.63, 3.8) is 0 Å². The molecule has 0 spiro atoms. The van der Waals surface area contributed by atoms with Gasteiger partial charge in [-0.1, -0.05) is 18.2 Å². The van der Waals surface area contributed by atoms with Gasteiger partial charge in [-0.15, -0.1) is 0 Å². The second-order valence-corrected chi connectivity index (χ2v) is 8.45. The number of rotatable bonds is 7. The monoisotopic (exact) mass is 491 g/mol. The van der Waals surface area contributed by atoms with E-state index in [-0.39, 0.29) is 0 Å². The number of amides is 2. The molecule has 0 aliphatic rings. The first kappa shape index (κ1) is 23.8. The number of hydrogen-bond acceptors (Lipinski definition) is 6. The molecule has 3 aromatic carbocycles. The fourth-order valence-electron chi connectivity index (χ4n) is 3.21. The highest BCUT2D eigenvalue weighted by Crippen LogP contribution is 2.26. The summed E-state index contributed by atoms with van der Waals surface area (Å²) in [7, 11) is 0.236. The van der Waals surface area contributed by atoms with Crippen LogP contribution in [0.2, 0.25) is 0 Å². The number of anilines is 6. The molecule has 5 N–H and O–H groups in total. The van der Waals surface area contributed by atoms with E-state index in [2.05, 4.69) is 25.9 Å². The maximum Gasteiger partial charge on any atom is 0.323 e. The predicted molar refractivity (Wildman–Crippen MR) is 136 cm³/mol. The van der Waals surface area contributed by atoms with Crippen molar-refractivity contribution in [3.05, 3.63) is 90.9 Å². The van der Waals surface area contributed by atoms with E-state index in [1.807, 2.05) is 18.0 Å². The molecule has 1 heterocycles. The number of halogens is 1. The van der Waals surface area contributed by atoms with Crippen LogP contribution in [0.4, 0.5) is 43.7 Å². The van der Waals surface area contributed by atoms with E-state index in [4.69, 9.17) is 5.14 Å². The van der Waals surface area contributed by atoms with Crippen LogP contribution >= 0.6 is 0 Å². The van der Waals surface area contributed by atoms with E-state index >= 15 is 0 Å². The summed E-state index contributed by atoms with van der Waals surface area (Å²) in [5.74, 6) is 0.507. The van der Waals surface area contributed by atoms with E-state index in [1.165, 1.54) is 18.2 Å². The molecule has 1 atom stereocenters. The standard InChI is InChI=1S/C24H22FN7O2S/c1-32(22-11-12-27-23(31-22)28-19-8-4-10-21(15-19)35(26)34)20-9-3-7-18(14-20)30-24(33)29-17-6-2-5-16(25)13-17/h2-15H,26H2,1H3,(H,27,28,31)(H2,29,30,33). The van der Waals surface area contributed by atoms with Crippen LogP contribution in [-0.4, -0.2) is 27.3 Å². The Balaban J connectivity index is 1.46.